The second-order valence-corrected chi connectivity index (χ2v) is 4.87. The summed E-state index contributed by atoms with van der Waals surface area (Å²) in [6.45, 7) is 5.56. The maximum atomic E-state index is 13.3. The molecule has 5 heteroatoms. The third-order valence-corrected chi connectivity index (χ3v) is 3.08. The number of halogens is 1. The highest BCUT2D eigenvalue weighted by atomic mass is 19.1. The number of urea groups is 1. The predicted molar refractivity (Wildman–Crippen MR) is 73.6 cm³/mol. The first-order valence-electron chi connectivity index (χ1n) is 6.39. The molecule has 0 spiro atoms. The van der Waals surface area contributed by atoms with Gasteiger partial charge in [0.1, 0.15) is 5.82 Å². The lowest BCUT2D eigenvalue weighted by atomic mass is 10.0. The topological polar surface area (TPSA) is 61.4 Å². The normalized spacial score (nSPS) is 12.3. The molecule has 19 heavy (non-hydrogen) atoms. The Morgan fingerprint density at radius 3 is 2.68 bits per heavy atom. The van der Waals surface area contributed by atoms with Crippen LogP contribution in [0.5, 0.6) is 0 Å². The molecule has 0 fully saturated rings. The van der Waals surface area contributed by atoms with Crippen LogP contribution in [-0.2, 0) is 0 Å². The van der Waals surface area contributed by atoms with Crippen LogP contribution in [0.15, 0.2) is 18.2 Å². The van der Waals surface area contributed by atoms with Crippen LogP contribution in [0.2, 0.25) is 0 Å². The number of anilines is 1. The Morgan fingerprint density at radius 2 is 2.11 bits per heavy atom. The summed E-state index contributed by atoms with van der Waals surface area (Å²) in [7, 11) is 0. The molecule has 1 rings (SSSR count). The van der Waals surface area contributed by atoms with E-state index in [-0.39, 0.29) is 30.4 Å². The van der Waals surface area contributed by atoms with Crippen molar-refractivity contribution in [3.05, 3.63) is 29.6 Å². The van der Waals surface area contributed by atoms with Crippen molar-refractivity contribution in [1.29, 1.82) is 0 Å². The van der Waals surface area contributed by atoms with Crippen molar-refractivity contribution in [1.82, 2.24) is 5.32 Å². The number of nitrogens with one attached hydrogen (secondary N) is 2. The molecular formula is C14H21FN2O2. The van der Waals surface area contributed by atoms with Crippen LogP contribution in [0, 0.1) is 18.7 Å². The molecule has 0 radical (unpaired) electrons. The van der Waals surface area contributed by atoms with E-state index in [2.05, 4.69) is 10.6 Å². The molecule has 1 aromatic rings. The van der Waals surface area contributed by atoms with Gasteiger partial charge in [-0.2, -0.15) is 0 Å². The van der Waals surface area contributed by atoms with Gasteiger partial charge in [-0.3, -0.25) is 0 Å². The van der Waals surface area contributed by atoms with Gasteiger partial charge >= 0.3 is 6.03 Å². The molecule has 1 atom stereocenters. The van der Waals surface area contributed by atoms with Crippen molar-refractivity contribution in [2.24, 2.45) is 5.92 Å². The minimum Gasteiger partial charge on any atom is -0.396 e. The lowest BCUT2D eigenvalue weighted by molar-refractivity contribution is 0.227. The Hall–Kier alpha value is -1.62. The maximum Gasteiger partial charge on any atom is 0.319 e. The lowest BCUT2D eigenvalue weighted by Gasteiger charge is -2.22. The number of hydrogen-bond acceptors (Lipinski definition) is 2. The number of carbonyl (C=O) groups is 1. The van der Waals surface area contributed by atoms with Gasteiger partial charge in [0.2, 0.25) is 0 Å². The summed E-state index contributed by atoms with van der Waals surface area (Å²) in [5, 5.41) is 14.4. The second-order valence-electron chi connectivity index (χ2n) is 4.87. The Balaban J connectivity index is 2.66. The summed E-state index contributed by atoms with van der Waals surface area (Å²) in [5.74, 6) is -0.139. The fraction of sp³-hybridized carbons (Fsp3) is 0.500. The minimum absolute atomic E-state index is 0.0160. The molecule has 0 saturated heterocycles. The minimum atomic E-state index is -0.388. The third-order valence-electron chi connectivity index (χ3n) is 3.08. The van der Waals surface area contributed by atoms with Crippen molar-refractivity contribution < 1.29 is 14.3 Å². The highest BCUT2D eigenvalue weighted by Crippen LogP contribution is 2.17. The Bertz CT molecular complexity index is 435. The van der Waals surface area contributed by atoms with E-state index in [1.807, 2.05) is 13.8 Å². The van der Waals surface area contributed by atoms with E-state index < -0.39 is 0 Å². The molecule has 0 bridgehead atoms. The van der Waals surface area contributed by atoms with Gasteiger partial charge in [0.15, 0.2) is 0 Å². The van der Waals surface area contributed by atoms with Gasteiger partial charge in [-0.05, 0) is 31.4 Å². The molecular weight excluding hydrogens is 247 g/mol. The van der Waals surface area contributed by atoms with Crippen LogP contribution in [0.4, 0.5) is 14.9 Å². The molecule has 106 valence electrons. The van der Waals surface area contributed by atoms with Crippen molar-refractivity contribution in [2.45, 2.75) is 33.2 Å². The van der Waals surface area contributed by atoms with Gasteiger partial charge in [-0.25, -0.2) is 9.18 Å². The van der Waals surface area contributed by atoms with E-state index in [9.17, 15) is 9.18 Å². The zero-order valence-corrected chi connectivity index (χ0v) is 11.5. The molecule has 4 nitrogen and oxygen atoms in total. The van der Waals surface area contributed by atoms with Crippen LogP contribution in [0.3, 0.4) is 0 Å². The van der Waals surface area contributed by atoms with E-state index in [1.165, 1.54) is 6.07 Å². The summed E-state index contributed by atoms with van der Waals surface area (Å²) < 4.78 is 13.3. The van der Waals surface area contributed by atoms with E-state index >= 15 is 0 Å². The summed E-state index contributed by atoms with van der Waals surface area (Å²) in [4.78, 5) is 11.8. The van der Waals surface area contributed by atoms with Crippen molar-refractivity contribution in [2.75, 3.05) is 11.9 Å². The summed E-state index contributed by atoms with van der Waals surface area (Å²) in [6, 6.07) is 4.04. The fourth-order valence-electron chi connectivity index (χ4n) is 1.78. The predicted octanol–water partition coefficient (Wildman–Crippen LogP) is 2.66. The number of benzene rings is 1. The molecule has 0 aliphatic carbocycles. The Kier molecular flexibility index (Phi) is 5.76. The summed E-state index contributed by atoms with van der Waals surface area (Å²) in [6.07, 6.45) is 0.493. The Morgan fingerprint density at radius 1 is 1.42 bits per heavy atom. The standard InChI is InChI=1S/C14H21FN2O2/c1-9(2)12(7-8-18)16-14(19)17-13-6-4-5-11(15)10(13)3/h4-6,9,12,18H,7-8H2,1-3H3,(H2,16,17,19). The monoisotopic (exact) mass is 268 g/mol. The maximum absolute atomic E-state index is 13.3. The van der Waals surface area contributed by atoms with Crippen LogP contribution in [0.25, 0.3) is 0 Å². The highest BCUT2D eigenvalue weighted by Gasteiger charge is 2.16. The first kappa shape index (κ1) is 15.4. The van der Waals surface area contributed by atoms with E-state index in [0.29, 0.717) is 17.7 Å². The first-order valence-corrected chi connectivity index (χ1v) is 6.39. The SMILES string of the molecule is Cc1c(F)cccc1NC(=O)NC(CCO)C(C)C. The van der Waals surface area contributed by atoms with E-state index in [0.717, 1.165) is 0 Å². The van der Waals surface area contributed by atoms with Crippen LogP contribution in [-0.4, -0.2) is 23.8 Å². The zero-order valence-electron chi connectivity index (χ0n) is 11.5. The molecule has 0 saturated carbocycles. The summed E-state index contributed by atoms with van der Waals surface area (Å²) in [5.41, 5.74) is 0.852. The largest absolute Gasteiger partial charge is 0.396 e. The number of carbonyl (C=O) groups excluding carboxylic acids is 1. The molecule has 1 aromatic carbocycles. The summed E-state index contributed by atoms with van der Waals surface area (Å²) >= 11 is 0. The smallest absolute Gasteiger partial charge is 0.319 e. The van der Waals surface area contributed by atoms with Crippen molar-refractivity contribution >= 4 is 11.7 Å². The quantitative estimate of drug-likeness (QED) is 0.769. The Labute approximate surface area is 113 Å². The van der Waals surface area contributed by atoms with Gasteiger partial charge in [0.05, 0.1) is 0 Å². The highest BCUT2D eigenvalue weighted by molar-refractivity contribution is 5.90. The number of aliphatic hydroxyl groups excluding tert-OH is 1. The molecule has 0 heterocycles. The van der Waals surface area contributed by atoms with Crippen LogP contribution in [0.1, 0.15) is 25.8 Å². The van der Waals surface area contributed by atoms with Gasteiger partial charge in [0, 0.05) is 23.9 Å². The van der Waals surface area contributed by atoms with Crippen molar-refractivity contribution in [3.63, 3.8) is 0 Å². The molecule has 2 amide bonds. The van der Waals surface area contributed by atoms with Gasteiger partial charge in [-0.15, -0.1) is 0 Å². The average molecular weight is 268 g/mol. The third kappa shape index (κ3) is 4.52. The van der Waals surface area contributed by atoms with Crippen molar-refractivity contribution in [3.8, 4) is 0 Å². The van der Waals surface area contributed by atoms with Gasteiger partial charge in [-0.1, -0.05) is 19.9 Å². The molecule has 0 aromatic heterocycles. The van der Waals surface area contributed by atoms with Gasteiger partial charge < -0.3 is 15.7 Å². The van der Waals surface area contributed by atoms with Crippen LogP contribution < -0.4 is 10.6 Å². The van der Waals surface area contributed by atoms with Crippen LogP contribution >= 0.6 is 0 Å². The second kappa shape index (κ2) is 7.09. The number of amides is 2. The van der Waals surface area contributed by atoms with E-state index in [1.54, 1.807) is 19.1 Å². The number of aliphatic hydroxyl groups is 1. The number of hydrogen-bond donors (Lipinski definition) is 3. The van der Waals surface area contributed by atoms with Gasteiger partial charge in [0.25, 0.3) is 0 Å². The molecule has 0 aliphatic rings. The lowest BCUT2D eigenvalue weighted by Crippen LogP contribution is -2.41. The fourth-order valence-corrected chi connectivity index (χ4v) is 1.78. The molecule has 0 aliphatic heterocycles. The number of rotatable bonds is 5. The van der Waals surface area contributed by atoms with E-state index in [4.69, 9.17) is 5.11 Å². The molecule has 3 N–H and O–H groups in total. The first-order chi connectivity index (χ1) is 8.95. The average Bonchev–Trinajstić information content (AvgIpc) is 2.34. The molecule has 1 unspecified atom stereocenters. The zero-order chi connectivity index (χ0) is 14.4.